The van der Waals surface area contributed by atoms with Crippen molar-refractivity contribution >= 4 is 28.3 Å². The molecule has 3 aromatic rings. The van der Waals surface area contributed by atoms with Crippen molar-refractivity contribution in [3.63, 3.8) is 0 Å². The third-order valence-electron chi connectivity index (χ3n) is 2.77. The maximum Gasteiger partial charge on any atom is 0.213 e. The summed E-state index contributed by atoms with van der Waals surface area (Å²) in [4.78, 5) is 12.3. The van der Waals surface area contributed by atoms with Crippen molar-refractivity contribution in [3.8, 4) is 0 Å². The molecule has 1 heterocycles. The van der Waals surface area contributed by atoms with Gasteiger partial charge in [0.2, 0.25) is 5.78 Å². The SMILES string of the molecule is O=C(c1cccc(Cl)c1)c1n[nH]c2ccccc12. The standard InChI is InChI=1S/C14H9ClN2O/c15-10-5-3-4-9(8-10)14(18)13-11-6-1-2-7-12(11)16-17-13/h1-8H,(H,16,17). The summed E-state index contributed by atoms with van der Waals surface area (Å²) in [6.45, 7) is 0. The molecule has 0 atom stereocenters. The molecule has 18 heavy (non-hydrogen) atoms. The Morgan fingerprint density at radius 3 is 2.78 bits per heavy atom. The van der Waals surface area contributed by atoms with E-state index in [4.69, 9.17) is 11.6 Å². The number of nitrogens with zero attached hydrogens (tertiary/aromatic N) is 1. The number of fused-ring (bicyclic) bond motifs is 1. The minimum absolute atomic E-state index is 0.130. The van der Waals surface area contributed by atoms with Crippen molar-refractivity contribution < 1.29 is 4.79 Å². The maximum atomic E-state index is 12.3. The highest BCUT2D eigenvalue weighted by Gasteiger charge is 2.15. The molecule has 0 unspecified atom stereocenters. The summed E-state index contributed by atoms with van der Waals surface area (Å²) >= 11 is 5.89. The lowest BCUT2D eigenvalue weighted by molar-refractivity contribution is 0.103. The molecule has 2 aromatic carbocycles. The lowest BCUT2D eigenvalue weighted by Crippen LogP contribution is -2.02. The van der Waals surface area contributed by atoms with E-state index in [1.165, 1.54) is 0 Å². The molecule has 0 spiro atoms. The number of hydrogen-bond donors (Lipinski definition) is 1. The topological polar surface area (TPSA) is 45.8 Å². The second-order valence-electron chi connectivity index (χ2n) is 3.96. The highest BCUT2D eigenvalue weighted by atomic mass is 35.5. The average Bonchev–Trinajstić information content (AvgIpc) is 2.82. The van der Waals surface area contributed by atoms with E-state index in [9.17, 15) is 4.79 Å². The number of carbonyl (C=O) groups is 1. The fourth-order valence-corrected chi connectivity index (χ4v) is 2.09. The summed E-state index contributed by atoms with van der Waals surface area (Å²) in [6.07, 6.45) is 0. The van der Waals surface area contributed by atoms with Gasteiger partial charge in [-0.15, -0.1) is 0 Å². The third kappa shape index (κ3) is 1.79. The number of aromatic amines is 1. The number of halogens is 1. The van der Waals surface area contributed by atoms with Gasteiger partial charge in [0.25, 0.3) is 0 Å². The summed E-state index contributed by atoms with van der Waals surface area (Å²) in [5.74, 6) is -0.130. The van der Waals surface area contributed by atoms with E-state index < -0.39 is 0 Å². The Kier molecular flexibility index (Phi) is 2.61. The van der Waals surface area contributed by atoms with E-state index in [0.717, 1.165) is 10.9 Å². The molecule has 0 aliphatic rings. The fraction of sp³-hybridized carbons (Fsp3) is 0. The van der Waals surface area contributed by atoms with Crippen LogP contribution < -0.4 is 0 Å². The number of hydrogen-bond acceptors (Lipinski definition) is 2. The average molecular weight is 257 g/mol. The highest BCUT2D eigenvalue weighted by molar-refractivity contribution is 6.31. The van der Waals surface area contributed by atoms with Gasteiger partial charge in [-0.1, -0.05) is 41.9 Å². The van der Waals surface area contributed by atoms with Crippen LogP contribution in [-0.4, -0.2) is 16.0 Å². The van der Waals surface area contributed by atoms with Crippen LogP contribution >= 0.6 is 11.6 Å². The number of rotatable bonds is 2. The molecule has 1 aromatic heterocycles. The molecule has 0 aliphatic carbocycles. The first-order valence-electron chi connectivity index (χ1n) is 5.49. The summed E-state index contributed by atoms with van der Waals surface area (Å²) in [5.41, 5.74) is 1.82. The van der Waals surface area contributed by atoms with Crippen molar-refractivity contribution in [2.24, 2.45) is 0 Å². The summed E-state index contributed by atoms with van der Waals surface area (Å²) in [7, 11) is 0. The molecule has 0 amide bonds. The summed E-state index contributed by atoms with van der Waals surface area (Å²) in [6, 6.07) is 14.4. The Morgan fingerprint density at radius 2 is 1.94 bits per heavy atom. The van der Waals surface area contributed by atoms with Gasteiger partial charge in [0.1, 0.15) is 5.69 Å². The molecular formula is C14H9ClN2O. The van der Waals surface area contributed by atoms with Crippen LogP contribution in [0.3, 0.4) is 0 Å². The van der Waals surface area contributed by atoms with E-state index >= 15 is 0 Å². The first-order chi connectivity index (χ1) is 8.75. The van der Waals surface area contributed by atoms with E-state index in [2.05, 4.69) is 10.2 Å². The zero-order chi connectivity index (χ0) is 12.5. The third-order valence-corrected chi connectivity index (χ3v) is 3.01. The van der Waals surface area contributed by atoms with Crippen LogP contribution in [0, 0.1) is 0 Å². The predicted octanol–water partition coefficient (Wildman–Crippen LogP) is 3.45. The van der Waals surface area contributed by atoms with Crippen molar-refractivity contribution in [3.05, 3.63) is 64.8 Å². The van der Waals surface area contributed by atoms with Gasteiger partial charge in [-0.05, 0) is 18.2 Å². The van der Waals surface area contributed by atoms with Gasteiger partial charge >= 0.3 is 0 Å². The molecule has 0 fully saturated rings. The molecule has 3 nitrogen and oxygen atoms in total. The van der Waals surface area contributed by atoms with Gasteiger partial charge in [0.15, 0.2) is 0 Å². The van der Waals surface area contributed by atoms with Crippen LogP contribution in [0.25, 0.3) is 10.9 Å². The number of nitrogens with one attached hydrogen (secondary N) is 1. The molecule has 88 valence electrons. The van der Waals surface area contributed by atoms with Gasteiger partial charge in [-0.3, -0.25) is 9.89 Å². The van der Waals surface area contributed by atoms with Crippen LogP contribution in [-0.2, 0) is 0 Å². The number of H-pyrrole nitrogens is 1. The van der Waals surface area contributed by atoms with Crippen molar-refractivity contribution in [2.45, 2.75) is 0 Å². The Labute approximate surface area is 108 Å². The zero-order valence-corrected chi connectivity index (χ0v) is 10.1. The summed E-state index contributed by atoms with van der Waals surface area (Å²) < 4.78 is 0. The molecule has 1 N–H and O–H groups in total. The first-order valence-corrected chi connectivity index (χ1v) is 5.87. The number of para-hydroxylation sites is 1. The zero-order valence-electron chi connectivity index (χ0n) is 9.35. The molecule has 0 saturated carbocycles. The van der Waals surface area contributed by atoms with Gasteiger partial charge in [0, 0.05) is 16.0 Å². The highest BCUT2D eigenvalue weighted by Crippen LogP contribution is 2.20. The van der Waals surface area contributed by atoms with Gasteiger partial charge < -0.3 is 0 Å². The van der Waals surface area contributed by atoms with Gasteiger partial charge in [0.05, 0.1) is 5.52 Å². The van der Waals surface area contributed by atoms with Crippen molar-refractivity contribution in [1.29, 1.82) is 0 Å². The minimum Gasteiger partial charge on any atom is -0.287 e. The molecule has 0 bridgehead atoms. The normalized spacial score (nSPS) is 10.7. The largest absolute Gasteiger partial charge is 0.287 e. The lowest BCUT2D eigenvalue weighted by atomic mass is 10.1. The maximum absolute atomic E-state index is 12.3. The molecular weight excluding hydrogens is 248 g/mol. The number of benzene rings is 2. The summed E-state index contributed by atoms with van der Waals surface area (Å²) in [5, 5.41) is 8.30. The van der Waals surface area contributed by atoms with Crippen LogP contribution in [0.1, 0.15) is 16.1 Å². The minimum atomic E-state index is -0.130. The molecule has 4 heteroatoms. The van der Waals surface area contributed by atoms with Crippen LogP contribution in [0.2, 0.25) is 5.02 Å². The van der Waals surface area contributed by atoms with E-state index in [-0.39, 0.29) is 5.78 Å². The molecule has 3 rings (SSSR count). The number of carbonyl (C=O) groups excluding carboxylic acids is 1. The Hall–Kier alpha value is -2.13. The molecule has 0 radical (unpaired) electrons. The van der Waals surface area contributed by atoms with Crippen LogP contribution in [0.15, 0.2) is 48.5 Å². The van der Waals surface area contributed by atoms with Gasteiger partial charge in [-0.2, -0.15) is 5.10 Å². The Balaban J connectivity index is 2.12. The van der Waals surface area contributed by atoms with Crippen molar-refractivity contribution in [2.75, 3.05) is 0 Å². The quantitative estimate of drug-likeness (QED) is 0.714. The monoisotopic (exact) mass is 256 g/mol. The Bertz CT molecular complexity index is 733. The molecule has 0 saturated heterocycles. The first kappa shape index (κ1) is 11.0. The number of ketones is 1. The predicted molar refractivity (Wildman–Crippen MR) is 71.0 cm³/mol. The molecule has 0 aliphatic heterocycles. The van der Waals surface area contributed by atoms with E-state index in [1.807, 2.05) is 24.3 Å². The van der Waals surface area contributed by atoms with Gasteiger partial charge in [-0.25, -0.2) is 0 Å². The number of aromatic nitrogens is 2. The van der Waals surface area contributed by atoms with Crippen LogP contribution in [0.4, 0.5) is 0 Å². The second kappa shape index (κ2) is 4.27. The van der Waals surface area contributed by atoms with Crippen LogP contribution in [0.5, 0.6) is 0 Å². The fourth-order valence-electron chi connectivity index (χ4n) is 1.90. The van der Waals surface area contributed by atoms with Crippen molar-refractivity contribution in [1.82, 2.24) is 10.2 Å². The lowest BCUT2D eigenvalue weighted by Gasteiger charge is -1.98. The Morgan fingerprint density at radius 1 is 1.11 bits per heavy atom. The second-order valence-corrected chi connectivity index (χ2v) is 4.39. The van der Waals surface area contributed by atoms with E-state index in [1.54, 1.807) is 24.3 Å². The van der Waals surface area contributed by atoms with E-state index in [0.29, 0.717) is 16.3 Å². The smallest absolute Gasteiger partial charge is 0.213 e.